The third-order valence-electron chi connectivity index (χ3n) is 5.66. The number of esters is 1. The van der Waals surface area contributed by atoms with Gasteiger partial charge in [0.25, 0.3) is 0 Å². The van der Waals surface area contributed by atoms with E-state index < -0.39 is 23.7 Å². The SMILES string of the molecule is CCOc1c(Cl)cc([C@H]2C(C#N)=C(SCC(=O)Nc3ccc(C)cc3C)NC(=O)[C@H]2C(=O)OC)cc1Cl. The Hall–Kier alpha value is -3.19. The first kappa shape index (κ1) is 28.4. The zero-order chi connectivity index (χ0) is 27.3. The molecule has 2 atom stereocenters. The van der Waals surface area contributed by atoms with Gasteiger partial charge in [-0.15, -0.1) is 0 Å². The van der Waals surface area contributed by atoms with Crippen LogP contribution >= 0.6 is 35.0 Å². The Morgan fingerprint density at radius 3 is 2.43 bits per heavy atom. The number of amides is 2. The topological polar surface area (TPSA) is 118 Å². The summed E-state index contributed by atoms with van der Waals surface area (Å²) in [5, 5.41) is 16.0. The molecule has 1 heterocycles. The molecule has 2 amide bonds. The number of allylic oxidation sites excluding steroid dienone is 1. The number of hydrogen-bond donors (Lipinski definition) is 2. The van der Waals surface area contributed by atoms with Gasteiger partial charge in [0.05, 0.1) is 46.2 Å². The number of aryl methyl sites for hydroxylation is 2. The highest BCUT2D eigenvalue weighted by atomic mass is 35.5. The van der Waals surface area contributed by atoms with Crippen LogP contribution in [0.5, 0.6) is 5.75 Å². The molecule has 11 heteroatoms. The van der Waals surface area contributed by atoms with Crippen LogP contribution in [0.15, 0.2) is 40.9 Å². The average molecular weight is 562 g/mol. The van der Waals surface area contributed by atoms with Crippen molar-refractivity contribution < 1.29 is 23.9 Å². The minimum absolute atomic E-state index is 0.0793. The zero-order valence-electron chi connectivity index (χ0n) is 20.6. The number of nitrogens with one attached hydrogen (secondary N) is 2. The molecule has 0 saturated heterocycles. The van der Waals surface area contributed by atoms with E-state index in [2.05, 4.69) is 16.7 Å². The van der Waals surface area contributed by atoms with Crippen LogP contribution in [0.2, 0.25) is 10.0 Å². The maximum absolute atomic E-state index is 13.0. The average Bonchev–Trinajstić information content (AvgIpc) is 2.85. The van der Waals surface area contributed by atoms with Crippen molar-refractivity contribution in [2.45, 2.75) is 26.7 Å². The number of anilines is 1. The van der Waals surface area contributed by atoms with Crippen LogP contribution in [0.4, 0.5) is 5.69 Å². The number of carbonyl (C=O) groups excluding carboxylic acids is 3. The second kappa shape index (κ2) is 12.4. The molecule has 0 saturated carbocycles. The monoisotopic (exact) mass is 561 g/mol. The summed E-state index contributed by atoms with van der Waals surface area (Å²) in [6.07, 6.45) is 0. The van der Waals surface area contributed by atoms with Crippen molar-refractivity contribution in [1.29, 1.82) is 5.26 Å². The second-order valence-electron chi connectivity index (χ2n) is 8.22. The van der Waals surface area contributed by atoms with Crippen molar-refractivity contribution in [3.8, 4) is 11.8 Å². The van der Waals surface area contributed by atoms with Crippen molar-refractivity contribution in [1.82, 2.24) is 5.32 Å². The van der Waals surface area contributed by atoms with Gasteiger partial charge in [0, 0.05) is 11.6 Å². The van der Waals surface area contributed by atoms with Gasteiger partial charge in [-0.05, 0) is 50.1 Å². The molecule has 2 aromatic rings. The summed E-state index contributed by atoms with van der Waals surface area (Å²) in [6.45, 7) is 5.94. The lowest BCUT2D eigenvalue weighted by Gasteiger charge is -2.31. The molecule has 8 nitrogen and oxygen atoms in total. The van der Waals surface area contributed by atoms with Gasteiger partial charge in [-0.3, -0.25) is 14.4 Å². The fourth-order valence-corrected chi connectivity index (χ4v) is 5.46. The van der Waals surface area contributed by atoms with Crippen molar-refractivity contribution in [2.24, 2.45) is 5.92 Å². The molecule has 37 heavy (non-hydrogen) atoms. The van der Waals surface area contributed by atoms with Crippen molar-refractivity contribution >= 4 is 58.4 Å². The Balaban J connectivity index is 1.97. The molecule has 0 unspecified atom stereocenters. The standard InChI is InChI=1S/C26H25Cl2N3O5S/c1-5-36-23-17(27)9-15(10-18(23)28)21-16(11-29)25(31-24(33)22(21)26(34)35-4)37-12-20(32)30-19-7-6-13(2)8-14(19)3/h6-10,21-22H,5,12H2,1-4H3,(H,30,32)(H,31,33)/t21-,22-/m0/s1. The molecule has 0 bridgehead atoms. The largest absolute Gasteiger partial charge is 0.491 e. The predicted molar refractivity (Wildman–Crippen MR) is 144 cm³/mol. The third kappa shape index (κ3) is 6.39. The molecule has 0 spiro atoms. The molecule has 1 aliphatic heterocycles. The summed E-state index contributed by atoms with van der Waals surface area (Å²) in [4.78, 5) is 38.3. The van der Waals surface area contributed by atoms with Gasteiger partial charge in [0.1, 0.15) is 5.92 Å². The second-order valence-corrected chi connectivity index (χ2v) is 10.0. The van der Waals surface area contributed by atoms with E-state index in [4.69, 9.17) is 32.7 Å². The predicted octanol–water partition coefficient (Wildman–Crippen LogP) is 5.12. The van der Waals surface area contributed by atoms with Crippen LogP contribution in [-0.2, 0) is 19.1 Å². The van der Waals surface area contributed by atoms with E-state index in [1.165, 1.54) is 12.1 Å². The fourth-order valence-electron chi connectivity index (χ4n) is 4.00. The molecule has 0 radical (unpaired) electrons. The van der Waals surface area contributed by atoms with Crippen molar-refractivity contribution in [3.05, 3.63) is 67.7 Å². The van der Waals surface area contributed by atoms with Crippen LogP contribution < -0.4 is 15.4 Å². The Labute approximate surface area is 229 Å². The molecule has 0 aromatic heterocycles. The maximum Gasteiger partial charge on any atom is 0.319 e. The smallest absolute Gasteiger partial charge is 0.319 e. The minimum Gasteiger partial charge on any atom is -0.491 e. The van der Waals surface area contributed by atoms with Crippen LogP contribution in [0.3, 0.4) is 0 Å². The molecule has 194 valence electrons. The number of rotatable bonds is 8. The first-order valence-electron chi connectivity index (χ1n) is 11.3. The number of methoxy groups -OCH3 is 1. The van der Waals surface area contributed by atoms with Crippen LogP contribution in [0, 0.1) is 31.1 Å². The van der Waals surface area contributed by atoms with E-state index in [-0.39, 0.29) is 38.1 Å². The van der Waals surface area contributed by atoms with Crippen LogP contribution in [0.25, 0.3) is 0 Å². The highest BCUT2D eigenvalue weighted by Crippen LogP contribution is 2.44. The van der Waals surface area contributed by atoms with Crippen molar-refractivity contribution in [2.75, 3.05) is 24.8 Å². The minimum atomic E-state index is -1.36. The van der Waals surface area contributed by atoms with Crippen LogP contribution in [0.1, 0.15) is 29.5 Å². The molecule has 1 aliphatic rings. The normalized spacial score (nSPS) is 17.1. The van der Waals surface area contributed by atoms with Gasteiger partial charge in [-0.2, -0.15) is 5.26 Å². The highest BCUT2D eigenvalue weighted by molar-refractivity contribution is 8.03. The number of hydrogen-bond acceptors (Lipinski definition) is 7. The quantitative estimate of drug-likeness (QED) is 0.339. The van der Waals surface area contributed by atoms with Gasteiger partial charge in [0.15, 0.2) is 5.75 Å². The van der Waals surface area contributed by atoms with Crippen LogP contribution in [-0.4, -0.2) is 37.3 Å². The first-order valence-corrected chi connectivity index (χ1v) is 13.0. The molecular formula is C26H25Cl2N3O5S. The van der Waals surface area contributed by atoms with E-state index >= 15 is 0 Å². The van der Waals surface area contributed by atoms with E-state index in [1.54, 1.807) is 6.92 Å². The lowest BCUT2D eigenvalue weighted by atomic mass is 9.78. The fraction of sp³-hybridized carbons (Fsp3) is 0.308. The Morgan fingerprint density at radius 1 is 1.19 bits per heavy atom. The summed E-state index contributed by atoms with van der Waals surface area (Å²) in [5.41, 5.74) is 3.08. The number of halogens is 2. The molecule has 0 fully saturated rings. The van der Waals surface area contributed by atoms with E-state index in [0.717, 1.165) is 30.0 Å². The van der Waals surface area contributed by atoms with Gasteiger partial charge in [0.2, 0.25) is 11.8 Å². The lowest BCUT2D eigenvalue weighted by molar-refractivity contribution is -0.150. The molecule has 2 aromatic carbocycles. The van der Waals surface area contributed by atoms with Gasteiger partial charge < -0.3 is 20.1 Å². The van der Waals surface area contributed by atoms with E-state index in [1.807, 2.05) is 32.0 Å². The Morgan fingerprint density at radius 2 is 1.86 bits per heavy atom. The van der Waals surface area contributed by atoms with Gasteiger partial charge in [-0.1, -0.05) is 52.7 Å². The number of ether oxygens (including phenoxy) is 2. The highest BCUT2D eigenvalue weighted by Gasteiger charge is 2.44. The summed E-state index contributed by atoms with van der Waals surface area (Å²) in [5.74, 6) is -4.06. The lowest BCUT2D eigenvalue weighted by Crippen LogP contribution is -2.44. The van der Waals surface area contributed by atoms with Gasteiger partial charge in [-0.25, -0.2) is 0 Å². The first-order chi connectivity index (χ1) is 17.6. The number of nitrogens with zero attached hydrogens (tertiary/aromatic N) is 1. The molecule has 0 aliphatic carbocycles. The Bertz CT molecular complexity index is 1300. The zero-order valence-corrected chi connectivity index (χ0v) is 22.9. The molecular weight excluding hydrogens is 537 g/mol. The third-order valence-corrected chi connectivity index (χ3v) is 7.23. The summed E-state index contributed by atoms with van der Waals surface area (Å²) >= 11 is 13.7. The number of benzene rings is 2. The molecule has 2 N–H and O–H groups in total. The summed E-state index contributed by atoms with van der Waals surface area (Å²) in [7, 11) is 1.16. The summed E-state index contributed by atoms with van der Waals surface area (Å²) < 4.78 is 10.3. The number of carbonyl (C=O) groups is 3. The Kier molecular flexibility index (Phi) is 9.49. The van der Waals surface area contributed by atoms with Crippen molar-refractivity contribution in [3.63, 3.8) is 0 Å². The summed E-state index contributed by atoms with van der Waals surface area (Å²) in [6, 6.07) is 10.7. The number of nitriles is 1. The van der Waals surface area contributed by atoms with E-state index in [0.29, 0.717) is 17.9 Å². The van der Waals surface area contributed by atoms with E-state index in [9.17, 15) is 19.6 Å². The maximum atomic E-state index is 13.0. The number of thioether (sulfide) groups is 1. The molecule has 3 rings (SSSR count). The van der Waals surface area contributed by atoms with Gasteiger partial charge >= 0.3 is 5.97 Å².